The molecule has 0 bridgehead atoms. The Bertz CT molecular complexity index is 967. The lowest BCUT2D eigenvalue weighted by Gasteiger charge is -2.34. The van der Waals surface area contributed by atoms with Crippen LogP contribution >= 0.6 is 0 Å². The van der Waals surface area contributed by atoms with Crippen LogP contribution in [0.5, 0.6) is 5.75 Å². The molecule has 1 fully saturated rings. The third-order valence-electron chi connectivity index (χ3n) is 5.17. The minimum absolute atomic E-state index is 0.336. The number of nitrogens with one attached hydrogen (secondary N) is 2. The zero-order valence-corrected chi connectivity index (χ0v) is 16.2. The summed E-state index contributed by atoms with van der Waals surface area (Å²) in [7, 11) is 1.57. The van der Waals surface area contributed by atoms with Crippen molar-refractivity contribution in [1.29, 1.82) is 0 Å². The molecule has 1 saturated carbocycles. The number of urea groups is 1. The van der Waals surface area contributed by atoms with Crippen LogP contribution in [0, 0.1) is 0 Å². The lowest BCUT2D eigenvalue weighted by atomic mass is 9.81. The summed E-state index contributed by atoms with van der Waals surface area (Å²) in [5.41, 5.74) is 0.671. The lowest BCUT2D eigenvalue weighted by molar-refractivity contribution is 0.173. The molecule has 1 aliphatic carbocycles. The standard InChI is InChI=1S/C21H23N5O3/c1-28-17-10-4-3-9-16(17)23-20(27)25-21(11-5-2-6-12-21)19-24-18(26-29-19)15-8-7-13-22-14-15/h3-4,7-10,13-14H,2,5-6,11-12H2,1H3,(H2,23,25,27). The maximum Gasteiger partial charge on any atom is 0.320 e. The van der Waals surface area contributed by atoms with Gasteiger partial charge in [-0.3, -0.25) is 4.98 Å². The molecule has 0 spiro atoms. The van der Waals surface area contributed by atoms with E-state index in [1.807, 2.05) is 24.3 Å². The number of methoxy groups -OCH3 is 1. The molecule has 0 unspecified atom stereocenters. The van der Waals surface area contributed by atoms with E-state index in [0.717, 1.165) is 37.7 Å². The molecule has 4 rings (SSSR count). The van der Waals surface area contributed by atoms with Crippen LogP contribution in [-0.2, 0) is 5.54 Å². The summed E-state index contributed by atoms with van der Waals surface area (Å²) in [6.45, 7) is 0. The largest absolute Gasteiger partial charge is 0.495 e. The maximum absolute atomic E-state index is 12.8. The van der Waals surface area contributed by atoms with E-state index in [1.54, 1.807) is 31.6 Å². The fourth-order valence-electron chi connectivity index (χ4n) is 3.70. The number of hydrogen-bond acceptors (Lipinski definition) is 6. The van der Waals surface area contributed by atoms with Crippen molar-refractivity contribution in [3.05, 3.63) is 54.7 Å². The molecular formula is C21H23N5O3. The number of amides is 2. The highest BCUT2D eigenvalue weighted by Gasteiger charge is 2.41. The Hall–Kier alpha value is -3.42. The van der Waals surface area contributed by atoms with Crippen molar-refractivity contribution in [2.24, 2.45) is 0 Å². The number of benzene rings is 1. The van der Waals surface area contributed by atoms with Crippen LogP contribution < -0.4 is 15.4 Å². The Morgan fingerprint density at radius 3 is 2.72 bits per heavy atom. The van der Waals surface area contributed by atoms with E-state index in [0.29, 0.717) is 23.2 Å². The molecule has 150 valence electrons. The van der Waals surface area contributed by atoms with Gasteiger partial charge in [0.25, 0.3) is 5.89 Å². The third-order valence-corrected chi connectivity index (χ3v) is 5.17. The van der Waals surface area contributed by atoms with Gasteiger partial charge in [-0.25, -0.2) is 4.79 Å². The fraction of sp³-hybridized carbons (Fsp3) is 0.333. The monoisotopic (exact) mass is 393 g/mol. The molecule has 2 heterocycles. The topological polar surface area (TPSA) is 102 Å². The Morgan fingerprint density at radius 2 is 1.97 bits per heavy atom. The van der Waals surface area contributed by atoms with Gasteiger partial charge in [-0.1, -0.05) is 36.6 Å². The van der Waals surface area contributed by atoms with Crippen molar-refractivity contribution < 1.29 is 14.1 Å². The van der Waals surface area contributed by atoms with Crippen molar-refractivity contribution >= 4 is 11.7 Å². The highest BCUT2D eigenvalue weighted by Crippen LogP contribution is 2.37. The predicted molar refractivity (Wildman–Crippen MR) is 107 cm³/mol. The predicted octanol–water partition coefficient (Wildman–Crippen LogP) is 4.12. The number of pyridine rings is 1. The van der Waals surface area contributed by atoms with E-state index in [4.69, 9.17) is 9.26 Å². The van der Waals surface area contributed by atoms with Gasteiger partial charge >= 0.3 is 6.03 Å². The van der Waals surface area contributed by atoms with Gasteiger partial charge in [0.2, 0.25) is 5.82 Å². The summed E-state index contributed by atoms with van der Waals surface area (Å²) in [6, 6.07) is 10.6. The number of carbonyl (C=O) groups is 1. The molecule has 1 aliphatic rings. The zero-order chi connectivity index (χ0) is 20.1. The zero-order valence-electron chi connectivity index (χ0n) is 16.2. The first kappa shape index (κ1) is 18.9. The fourth-order valence-corrected chi connectivity index (χ4v) is 3.70. The van der Waals surface area contributed by atoms with E-state index in [9.17, 15) is 4.79 Å². The van der Waals surface area contributed by atoms with Crippen LogP contribution in [0.1, 0.15) is 38.0 Å². The number of para-hydroxylation sites is 2. The van der Waals surface area contributed by atoms with Gasteiger partial charge in [0.1, 0.15) is 11.3 Å². The van der Waals surface area contributed by atoms with Crippen LogP contribution in [0.4, 0.5) is 10.5 Å². The number of ether oxygens (including phenoxy) is 1. The maximum atomic E-state index is 12.8. The van der Waals surface area contributed by atoms with E-state index >= 15 is 0 Å². The minimum Gasteiger partial charge on any atom is -0.495 e. The van der Waals surface area contributed by atoms with E-state index in [2.05, 4.69) is 25.8 Å². The molecule has 8 nitrogen and oxygen atoms in total. The first-order valence-electron chi connectivity index (χ1n) is 9.67. The van der Waals surface area contributed by atoms with Crippen molar-refractivity contribution in [1.82, 2.24) is 20.4 Å². The Labute approximate surface area is 168 Å². The summed E-state index contributed by atoms with van der Waals surface area (Å²) in [4.78, 5) is 21.5. The summed E-state index contributed by atoms with van der Waals surface area (Å²) < 4.78 is 10.9. The molecule has 3 aromatic rings. The van der Waals surface area contributed by atoms with Crippen molar-refractivity contribution in [3.63, 3.8) is 0 Å². The summed E-state index contributed by atoms with van der Waals surface area (Å²) >= 11 is 0. The number of nitrogens with zero attached hydrogens (tertiary/aromatic N) is 3. The first-order chi connectivity index (χ1) is 14.2. The van der Waals surface area contributed by atoms with Gasteiger partial charge in [-0.2, -0.15) is 4.98 Å². The van der Waals surface area contributed by atoms with Gasteiger partial charge in [-0.15, -0.1) is 0 Å². The van der Waals surface area contributed by atoms with E-state index in [1.165, 1.54) is 0 Å². The summed E-state index contributed by atoms with van der Waals surface area (Å²) in [6.07, 6.45) is 7.91. The molecular weight excluding hydrogens is 370 g/mol. The molecule has 2 amide bonds. The van der Waals surface area contributed by atoms with Gasteiger partial charge in [-0.05, 0) is 37.1 Å². The number of hydrogen-bond donors (Lipinski definition) is 2. The van der Waals surface area contributed by atoms with Crippen molar-refractivity contribution in [2.75, 3.05) is 12.4 Å². The summed E-state index contributed by atoms with van der Waals surface area (Å²) in [5.74, 6) is 1.48. The lowest BCUT2D eigenvalue weighted by Crippen LogP contribution is -2.49. The van der Waals surface area contributed by atoms with Crippen molar-refractivity contribution in [3.8, 4) is 17.1 Å². The van der Waals surface area contributed by atoms with E-state index < -0.39 is 5.54 Å². The Kier molecular flexibility index (Phi) is 5.41. The average Bonchev–Trinajstić information content (AvgIpc) is 3.26. The second-order valence-electron chi connectivity index (χ2n) is 7.09. The second-order valence-corrected chi connectivity index (χ2v) is 7.09. The molecule has 8 heteroatoms. The number of anilines is 1. The number of aromatic nitrogens is 3. The molecule has 0 saturated heterocycles. The highest BCUT2D eigenvalue weighted by atomic mass is 16.5. The molecule has 2 aromatic heterocycles. The quantitative estimate of drug-likeness (QED) is 0.676. The van der Waals surface area contributed by atoms with E-state index in [-0.39, 0.29) is 6.03 Å². The molecule has 0 atom stereocenters. The molecule has 0 aliphatic heterocycles. The van der Waals surface area contributed by atoms with Crippen LogP contribution in [-0.4, -0.2) is 28.3 Å². The molecule has 29 heavy (non-hydrogen) atoms. The average molecular weight is 393 g/mol. The van der Waals surface area contributed by atoms with Gasteiger partial charge < -0.3 is 19.9 Å². The molecule has 2 N–H and O–H groups in total. The van der Waals surface area contributed by atoms with Crippen LogP contribution in [0.2, 0.25) is 0 Å². The smallest absolute Gasteiger partial charge is 0.320 e. The Balaban J connectivity index is 1.57. The van der Waals surface area contributed by atoms with Crippen LogP contribution in [0.3, 0.4) is 0 Å². The normalized spacial score (nSPS) is 15.5. The van der Waals surface area contributed by atoms with Gasteiger partial charge in [0.15, 0.2) is 0 Å². The Morgan fingerprint density at radius 1 is 1.14 bits per heavy atom. The second kappa shape index (κ2) is 8.30. The summed E-state index contributed by atoms with van der Waals surface area (Å²) in [5, 5.41) is 10.1. The highest BCUT2D eigenvalue weighted by molar-refractivity contribution is 5.91. The first-order valence-corrected chi connectivity index (χ1v) is 9.67. The number of carbonyl (C=O) groups excluding carboxylic acids is 1. The SMILES string of the molecule is COc1ccccc1NC(=O)NC1(c2nc(-c3cccnc3)no2)CCCCC1. The van der Waals surface area contributed by atoms with Crippen molar-refractivity contribution in [2.45, 2.75) is 37.6 Å². The van der Waals surface area contributed by atoms with Gasteiger partial charge in [0.05, 0.1) is 12.8 Å². The number of rotatable bonds is 5. The molecule has 1 aromatic carbocycles. The van der Waals surface area contributed by atoms with Gasteiger partial charge in [0, 0.05) is 18.0 Å². The third kappa shape index (κ3) is 4.06. The van der Waals surface area contributed by atoms with Crippen LogP contribution in [0.15, 0.2) is 53.3 Å². The minimum atomic E-state index is -0.697. The molecule has 0 radical (unpaired) electrons. The van der Waals surface area contributed by atoms with Crippen LogP contribution in [0.25, 0.3) is 11.4 Å².